The van der Waals surface area contributed by atoms with Crippen LogP contribution in [0.3, 0.4) is 0 Å². The second-order valence-electron chi connectivity index (χ2n) is 5.68. The Bertz CT molecular complexity index is 478. The molecule has 5 nitrogen and oxygen atoms in total. The van der Waals surface area contributed by atoms with Crippen molar-refractivity contribution in [2.45, 2.75) is 51.2 Å². The molecule has 0 saturated heterocycles. The van der Waals surface area contributed by atoms with Crippen LogP contribution >= 0.6 is 0 Å². The first kappa shape index (κ1) is 15.8. The number of anilines is 1. The number of nitrogens with zero attached hydrogens (tertiary/aromatic N) is 2. The fourth-order valence-electron chi connectivity index (χ4n) is 2.87. The molecule has 1 aromatic heterocycles. The molecular weight excluding hydrogens is 266 g/mol. The van der Waals surface area contributed by atoms with Crippen LogP contribution in [0.4, 0.5) is 5.69 Å². The number of hydrogen-bond acceptors (Lipinski definition) is 4. The van der Waals surface area contributed by atoms with Crippen molar-refractivity contribution in [2.75, 3.05) is 18.9 Å². The van der Waals surface area contributed by atoms with Crippen molar-refractivity contribution in [3.05, 3.63) is 24.0 Å². The molecule has 2 atom stereocenters. The molecule has 1 saturated carbocycles. The van der Waals surface area contributed by atoms with Crippen LogP contribution in [-0.2, 0) is 0 Å². The molecule has 1 aliphatic rings. The van der Waals surface area contributed by atoms with E-state index in [2.05, 4.69) is 17.2 Å². The number of carbonyl (C=O) groups is 1. The zero-order valence-electron chi connectivity index (χ0n) is 12.9. The van der Waals surface area contributed by atoms with Gasteiger partial charge in [-0.05, 0) is 25.3 Å². The SMILES string of the molecule is CCCNc1cnccc1C(=O)N(C)C1CCCCC1O. The van der Waals surface area contributed by atoms with Crippen molar-refractivity contribution in [3.8, 4) is 0 Å². The van der Waals surface area contributed by atoms with Gasteiger partial charge in [-0.1, -0.05) is 19.8 Å². The number of pyridine rings is 1. The van der Waals surface area contributed by atoms with Crippen LogP contribution in [0, 0.1) is 0 Å². The van der Waals surface area contributed by atoms with Gasteiger partial charge in [0, 0.05) is 19.8 Å². The maximum atomic E-state index is 12.7. The number of likely N-dealkylation sites (N-methyl/N-ethyl adjacent to an activating group) is 1. The Morgan fingerprint density at radius 1 is 1.48 bits per heavy atom. The van der Waals surface area contributed by atoms with E-state index in [0.29, 0.717) is 5.56 Å². The molecule has 21 heavy (non-hydrogen) atoms. The number of aromatic nitrogens is 1. The Morgan fingerprint density at radius 2 is 2.24 bits per heavy atom. The average molecular weight is 291 g/mol. The Labute approximate surface area is 126 Å². The molecule has 1 fully saturated rings. The van der Waals surface area contributed by atoms with Crippen LogP contribution in [0.1, 0.15) is 49.4 Å². The van der Waals surface area contributed by atoms with Gasteiger partial charge in [0.15, 0.2) is 0 Å². The van der Waals surface area contributed by atoms with Gasteiger partial charge in [-0.25, -0.2) is 0 Å². The van der Waals surface area contributed by atoms with Crippen molar-refractivity contribution in [2.24, 2.45) is 0 Å². The van der Waals surface area contributed by atoms with Crippen LogP contribution < -0.4 is 5.32 Å². The Morgan fingerprint density at radius 3 is 2.95 bits per heavy atom. The lowest BCUT2D eigenvalue weighted by atomic mass is 9.91. The maximum Gasteiger partial charge on any atom is 0.256 e. The number of aliphatic hydroxyl groups excluding tert-OH is 1. The number of nitrogens with one attached hydrogen (secondary N) is 1. The number of aliphatic hydroxyl groups is 1. The van der Waals surface area contributed by atoms with Crippen LogP contribution in [0.2, 0.25) is 0 Å². The van der Waals surface area contributed by atoms with Crippen molar-refractivity contribution in [1.82, 2.24) is 9.88 Å². The van der Waals surface area contributed by atoms with Crippen LogP contribution in [0.15, 0.2) is 18.5 Å². The molecule has 1 heterocycles. The summed E-state index contributed by atoms with van der Waals surface area (Å²) in [6.45, 7) is 2.89. The molecule has 116 valence electrons. The van der Waals surface area contributed by atoms with E-state index < -0.39 is 6.10 Å². The number of rotatable bonds is 5. The van der Waals surface area contributed by atoms with Crippen molar-refractivity contribution < 1.29 is 9.90 Å². The molecular formula is C16H25N3O2. The van der Waals surface area contributed by atoms with E-state index in [1.807, 2.05) is 0 Å². The number of carbonyl (C=O) groups excluding carboxylic acids is 1. The number of amides is 1. The summed E-state index contributed by atoms with van der Waals surface area (Å²) < 4.78 is 0. The largest absolute Gasteiger partial charge is 0.391 e. The van der Waals surface area contributed by atoms with E-state index in [1.54, 1.807) is 30.4 Å². The average Bonchev–Trinajstić information content (AvgIpc) is 2.52. The first-order valence-electron chi connectivity index (χ1n) is 7.78. The van der Waals surface area contributed by atoms with Crippen molar-refractivity contribution >= 4 is 11.6 Å². The summed E-state index contributed by atoms with van der Waals surface area (Å²) in [5.74, 6) is -0.0537. The Hall–Kier alpha value is -1.62. The summed E-state index contributed by atoms with van der Waals surface area (Å²) in [5, 5.41) is 13.4. The standard InChI is InChI=1S/C16H25N3O2/c1-3-9-18-13-11-17-10-8-12(13)16(21)19(2)14-6-4-5-7-15(14)20/h8,10-11,14-15,18,20H,3-7,9H2,1-2H3. The number of hydrogen-bond donors (Lipinski definition) is 2. The van der Waals surface area contributed by atoms with Crippen LogP contribution in [-0.4, -0.2) is 46.6 Å². The van der Waals surface area contributed by atoms with Gasteiger partial charge in [0.25, 0.3) is 5.91 Å². The van der Waals surface area contributed by atoms with Crippen molar-refractivity contribution in [1.29, 1.82) is 0 Å². The fraction of sp³-hybridized carbons (Fsp3) is 0.625. The van der Waals surface area contributed by atoms with Crippen LogP contribution in [0.25, 0.3) is 0 Å². The molecule has 0 aromatic carbocycles. The molecule has 1 aliphatic carbocycles. The highest BCUT2D eigenvalue weighted by atomic mass is 16.3. The van der Waals surface area contributed by atoms with E-state index in [4.69, 9.17) is 0 Å². The Kier molecular flexibility index (Phi) is 5.56. The molecule has 2 N–H and O–H groups in total. The lowest BCUT2D eigenvalue weighted by Crippen LogP contribution is -2.46. The van der Waals surface area contributed by atoms with Gasteiger partial charge in [0.2, 0.25) is 0 Å². The molecule has 5 heteroatoms. The second kappa shape index (κ2) is 7.41. The smallest absolute Gasteiger partial charge is 0.256 e. The van der Waals surface area contributed by atoms with Gasteiger partial charge in [0.1, 0.15) is 0 Å². The summed E-state index contributed by atoms with van der Waals surface area (Å²) in [7, 11) is 1.78. The van der Waals surface area contributed by atoms with E-state index in [-0.39, 0.29) is 11.9 Å². The lowest BCUT2D eigenvalue weighted by molar-refractivity contribution is 0.0268. The molecule has 2 rings (SSSR count). The summed E-state index contributed by atoms with van der Waals surface area (Å²) in [6.07, 6.45) is 7.64. The summed E-state index contributed by atoms with van der Waals surface area (Å²) in [5.41, 5.74) is 1.39. The zero-order chi connectivity index (χ0) is 15.2. The van der Waals surface area contributed by atoms with Gasteiger partial charge in [-0.15, -0.1) is 0 Å². The third-order valence-electron chi connectivity index (χ3n) is 4.13. The minimum absolute atomic E-state index is 0.0537. The summed E-state index contributed by atoms with van der Waals surface area (Å²) in [6, 6.07) is 1.66. The van der Waals surface area contributed by atoms with Crippen LogP contribution in [0.5, 0.6) is 0 Å². The van der Waals surface area contributed by atoms with Gasteiger partial charge in [-0.3, -0.25) is 9.78 Å². The predicted octanol–water partition coefficient (Wildman–Crippen LogP) is 2.28. The maximum absolute atomic E-state index is 12.7. The third-order valence-corrected chi connectivity index (χ3v) is 4.13. The summed E-state index contributed by atoms with van der Waals surface area (Å²) in [4.78, 5) is 18.5. The normalized spacial score (nSPS) is 21.9. The van der Waals surface area contributed by atoms with E-state index in [1.165, 1.54) is 0 Å². The summed E-state index contributed by atoms with van der Waals surface area (Å²) >= 11 is 0. The lowest BCUT2D eigenvalue weighted by Gasteiger charge is -2.35. The zero-order valence-corrected chi connectivity index (χ0v) is 12.9. The first-order chi connectivity index (χ1) is 10.1. The van der Waals surface area contributed by atoms with Gasteiger partial charge >= 0.3 is 0 Å². The molecule has 1 amide bonds. The van der Waals surface area contributed by atoms with E-state index in [0.717, 1.165) is 44.3 Å². The molecule has 0 bridgehead atoms. The van der Waals surface area contributed by atoms with E-state index >= 15 is 0 Å². The van der Waals surface area contributed by atoms with Crippen molar-refractivity contribution in [3.63, 3.8) is 0 Å². The third kappa shape index (κ3) is 3.73. The molecule has 0 spiro atoms. The monoisotopic (exact) mass is 291 g/mol. The predicted molar refractivity (Wildman–Crippen MR) is 83.4 cm³/mol. The highest BCUT2D eigenvalue weighted by molar-refractivity contribution is 5.99. The second-order valence-corrected chi connectivity index (χ2v) is 5.68. The quantitative estimate of drug-likeness (QED) is 0.873. The molecule has 1 aromatic rings. The highest BCUT2D eigenvalue weighted by Gasteiger charge is 2.30. The topological polar surface area (TPSA) is 65.5 Å². The highest BCUT2D eigenvalue weighted by Crippen LogP contribution is 2.25. The first-order valence-corrected chi connectivity index (χ1v) is 7.78. The van der Waals surface area contributed by atoms with Gasteiger partial charge < -0.3 is 15.3 Å². The minimum atomic E-state index is -0.415. The molecule has 0 aliphatic heterocycles. The fourth-order valence-corrected chi connectivity index (χ4v) is 2.87. The molecule has 0 radical (unpaired) electrons. The minimum Gasteiger partial charge on any atom is -0.391 e. The Balaban J connectivity index is 2.15. The van der Waals surface area contributed by atoms with Gasteiger partial charge in [-0.2, -0.15) is 0 Å². The molecule has 2 unspecified atom stereocenters. The van der Waals surface area contributed by atoms with E-state index in [9.17, 15) is 9.90 Å². The van der Waals surface area contributed by atoms with Gasteiger partial charge in [0.05, 0.1) is 29.6 Å².